The third-order valence-corrected chi connectivity index (χ3v) is 10.0. The zero-order valence-corrected chi connectivity index (χ0v) is 26.9. The first kappa shape index (κ1) is 29.0. The van der Waals surface area contributed by atoms with Crippen molar-refractivity contribution in [1.29, 1.82) is 15.8 Å². The lowest BCUT2D eigenvalue weighted by Gasteiger charge is -2.25. The molecular weight excluding hydrogens is 611 g/mol. The Bertz CT molecular complexity index is 2890. The van der Waals surface area contributed by atoms with Gasteiger partial charge in [0.1, 0.15) is 6.07 Å². The monoisotopic (exact) mass is 637 g/mol. The molecule has 0 saturated carbocycles. The van der Waals surface area contributed by atoms with E-state index in [0.29, 0.717) is 23.1 Å². The van der Waals surface area contributed by atoms with E-state index >= 15 is 0 Å². The highest BCUT2D eigenvalue weighted by Gasteiger charge is 2.26. The van der Waals surface area contributed by atoms with Gasteiger partial charge >= 0.3 is 0 Å². The van der Waals surface area contributed by atoms with E-state index in [0.717, 1.165) is 71.7 Å². The molecule has 1 atom stereocenters. The SMILES string of the molecule is N#CC1=C(n2c3ccccc3c3ccc(C#N)cc32)CC(c2ccccc2-c2ccccc2-n2c3ccccc3c3cc(C#N)ccc32)C=C1. The van der Waals surface area contributed by atoms with Gasteiger partial charge in [-0.2, -0.15) is 15.8 Å². The first-order valence-corrected chi connectivity index (χ1v) is 16.6. The first-order chi connectivity index (χ1) is 24.7. The van der Waals surface area contributed by atoms with Crippen molar-refractivity contribution in [3.63, 3.8) is 0 Å². The van der Waals surface area contributed by atoms with Crippen molar-refractivity contribution < 1.29 is 0 Å². The fourth-order valence-electron chi connectivity index (χ4n) is 7.82. The Morgan fingerprint density at radius 2 is 1.10 bits per heavy atom. The number of nitrogens with zero attached hydrogens (tertiary/aromatic N) is 5. The molecule has 0 spiro atoms. The Morgan fingerprint density at radius 3 is 1.88 bits per heavy atom. The summed E-state index contributed by atoms with van der Waals surface area (Å²) in [5.41, 5.74) is 11.2. The van der Waals surface area contributed by atoms with Crippen LogP contribution in [0.4, 0.5) is 0 Å². The quantitative estimate of drug-likeness (QED) is 0.193. The van der Waals surface area contributed by atoms with Crippen molar-refractivity contribution in [3.05, 3.63) is 168 Å². The third-order valence-electron chi connectivity index (χ3n) is 10.0. The average Bonchev–Trinajstić information content (AvgIpc) is 3.69. The van der Waals surface area contributed by atoms with E-state index in [4.69, 9.17) is 0 Å². The molecule has 9 rings (SSSR count). The highest BCUT2D eigenvalue weighted by Crippen LogP contribution is 2.44. The summed E-state index contributed by atoms with van der Waals surface area (Å²) >= 11 is 0. The van der Waals surface area contributed by atoms with Crippen molar-refractivity contribution >= 4 is 49.3 Å². The molecule has 0 aliphatic heterocycles. The van der Waals surface area contributed by atoms with Gasteiger partial charge in [0.25, 0.3) is 0 Å². The maximum absolute atomic E-state index is 10.4. The second-order valence-corrected chi connectivity index (χ2v) is 12.6. The predicted octanol–water partition coefficient (Wildman–Crippen LogP) is 10.8. The maximum atomic E-state index is 10.4. The zero-order valence-electron chi connectivity index (χ0n) is 26.9. The van der Waals surface area contributed by atoms with Gasteiger partial charge < -0.3 is 9.13 Å². The molecule has 0 N–H and O–H groups in total. The Morgan fingerprint density at radius 1 is 0.500 bits per heavy atom. The van der Waals surface area contributed by atoms with Crippen LogP contribution in [-0.4, -0.2) is 9.13 Å². The molecular formula is C45H27N5. The number of benzene rings is 6. The van der Waals surface area contributed by atoms with Gasteiger partial charge in [0.15, 0.2) is 0 Å². The number of allylic oxidation sites excluding steroid dienone is 4. The van der Waals surface area contributed by atoms with E-state index < -0.39 is 0 Å². The topological polar surface area (TPSA) is 81.2 Å². The Balaban J connectivity index is 1.22. The molecule has 2 heterocycles. The lowest BCUT2D eigenvalue weighted by atomic mass is 9.83. The Kier molecular flexibility index (Phi) is 6.70. The van der Waals surface area contributed by atoms with Crippen molar-refractivity contribution in [2.75, 3.05) is 0 Å². The minimum absolute atomic E-state index is 0.0157. The van der Waals surface area contributed by atoms with E-state index in [9.17, 15) is 15.8 Å². The van der Waals surface area contributed by atoms with Gasteiger partial charge in [-0.25, -0.2) is 0 Å². The summed E-state index contributed by atoms with van der Waals surface area (Å²) in [4.78, 5) is 0. The van der Waals surface area contributed by atoms with Crippen LogP contribution in [0.1, 0.15) is 29.0 Å². The van der Waals surface area contributed by atoms with Crippen LogP contribution in [0.25, 0.3) is 66.1 Å². The fourth-order valence-corrected chi connectivity index (χ4v) is 7.82. The van der Waals surface area contributed by atoms with Crippen LogP contribution in [0.15, 0.2) is 151 Å². The van der Waals surface area contributed by atoms with Gasteiger partial charge in [-0.05, 0) is 72.2 Å². The smallest absolute Gasteiger partial charge is 0.101 e. The number of aromatic nitrogens is 2. The number of hydrogen-bond acceptors (Lipinski definition) is 3. The molecule has 50 heavy (non-hydrogen) atoms. The van der Waals surface area contributed by atoms with Crippen LogP contribution in [0.5, 0.6) is 0 Å². The summed E-state index contributed by atoms with van der Waals surface area (Å²) in [5, 5.41) is 34.1. The van der Waals surface area contributed by atoms with Crippen LogP contribution >= 0.6 is 0 Å². The molecule has 0 bridgehead atoms. The van der Waals surface area contributed by atoms with Crippen molar-refractivity contribution in [2.24, 2.45) is 0 Å². The molecule has 232 valence electrons. The Hall–Kier alpha value is -7.13. The van der Waals surface area contributed by atoms with Crippen molar-refractivity contribution in [1.82, 2.24) is 9.13 Å². The molecule has 0 fully saturated rings. The summed E-state index contributed by atoms with van der Waals surface area (Å²) in [6, 6.07) is 52.4. The average molecular weight is 638 g/mol. The molecule has 1 aliphatic rings. The maximum Gasteiger partial charge on any atom is 0.101 e. The standard InChI is InChI=1S/C45H27N5/c46-26-29-18-22-43-39(23-29)37-13-5-8-16-42(37)49(43)40-14-6-3-11-35(40)34-10-2-1-9-33(34)31-19-20-32(28-48)44(25-31)50-41-15-7-4-12-36(41)38-21-17-30(27-47)24-45(38)50/h1-24,31H,25H2. The van der Waals surface area contributed by atoms with E-state index in [-0.39, 0.29) is 5.92 Å². The molecule has 5 nitrogen and oxygen atoms in total. The summed E-state index contributed by atoms with van der Waals surface area (Å²) in [5.74, 6) is -0.0157. The first-order valence-electron chi connectivity index (χ1n) is 16.6. The molecule has 0 saturated heterocycles. The van der Waals surface area contributed by atoms with Crippen LogP contribution < -0.4 is 0 Å². The lowest BCUT2D eigenvalue weighted by molar-refractivity contribution is 0.833. The van der Waals surface area contributed by atoms with E-state index in [2.05, 4.69) is 112 Å². The van der Waals surface area contributed by atoms with Crippen molar-refractivity contribution in [2.45, 2.75) is 12.3 Å². The summed E-state index contributed by atoms with van der Waals surface area (Å²) in [6.07, 6.45) is 4.72. The van der Waals surface area contributed by atoms with Crippen LogP contribution in [0, 0.1) is 34.0 Å². The second-order valence-electron chi connectivity index (χ2n) is 12.6. The molecule has 6 aromatic carbocycles. The highest BCUT2D eigenvalue weighted by molar-refractivity contribution is 6.11. The molecule has 5 heteroatoms. The van der Waals surface area contributed by atoms with Gasteiger partial charge in [-0.15, -0.1) is 0 Å². The van der Waals surface area contributed by atoms with Gasteiger partial charge in [-0.1, -0.05) is 91.0 Å². The van der Waals surface area contributed by atoms with Gasteiger partial charge in [-0.3, -0.25) is 0 Å². The van der Waals surface area contributed by atoms with E-state index in [1.165, 1.54) is 0 Å². The number of fused-ring (bicyclic) bond motifs is 6. The summed E-state index contributed by atoms with van der Waals surface area (Å²) in [6.45, 7) is 0. The van der Waals surface area contributed by atoms with Crippen LogP contribution in [0.3, 0.4) is 0 Å². The van der Waals surface area contributed by atoms with Gasteiger partial charge in [0.05, 0.1) is 56.6 Å². The molecule has 1 unspecified atom stereocenters. The van der Waals surface area contributed by atoms with Gasteiger partial charge in [0, 0.05) is 38.7 Å². The number of nitriles is 3. The Labute approximate surface area is 288 Å². The zero-order chi connectivity index (χ0) is 33.8. The largest absolute Gasteiger partial charge is 0.312 e. The predicted molar refractivity (Wildman–Crippen MR) is 200 cm³/mol. The number of rotatable bonds is 4. The minimum Gasteiger partial charge on any atom is -0.312 e. The van der Waals surface area contributed by atoms with E-state index in [1.54, 1.807) is 0 Å². The highest BCUT2D eigenvalue weighted by atomic mass is 15.0. The summed E-state index contributed by atoms with van der Waals surface area (Å²) in [7, 11) is 0. The normalized spacial score (nSPS) is 14.3. The molecule has 0 amide bonds. The van der Waals surface area contributed by atoms with Crippen LogP contribution in [-0.2, 0) is 0 Å². The fraction of sp³-hybridized carbons (Fsp3) is 0.0444. The molecule has 0 radical (unpaired) electrons. The molecule has 1 aliphatic carbocycles. The van der Waals surface area contributed by atoms with Gasteiger partial charge in [0.2, 0.25) is 0 Å². The minimum atomic E-state index is -0.0157. The van der Waals surface area contributed by atoms with E-state index in [1.807, 2.05) is 60.7 Å². The van der Waals surface area contributed by atoms with Crippen LogP contribution in [0.2, 0.25) is 0 Å². The number of para-hydroxylation sites is 3. The molecule has 8 aromatic rings. The molecule has 2 aromatic heterocycles. The summed E-state index contributed by atoms with van der Waals surface area (Å²) < 4.78 is 4.49. The number of hydrogen-bond donors (Lipinski definition) is 0. The van der Waals surface area contributed by atoms with Crippen molar-refractivity contribution in [3.8, 4) is 35.0 Å². The second kappa shape index (κ2) is 11.5. The lowest BCUT2D eigenvalue weighted by Crippen LogP contribution is -2.10. The third kappa shape index (κ3) is 4.37.